The zero-order chi connectivity index (χ0) is 23.2. The molecular formula is C23H28N6O3S. The number of benzene rings is 1. The molecule has 3 heterocycles. The van der Waals surface area contributed by atoms with Gasteiger partial charge < -0.3 is 19.9 Å². The van der Waals surface area contributed by atoms with E-state index in [1.807, 2.05) is 31.6 Å². The maximum atomic E-state index is 12.2. The maximum Gasteiger partial charge on any atom is 0.321 e. The average molecular weight is 469 g/mol. The van der Waals surface area contributed by atoms with Crippen LogP contribution in [0.15, 0.2) is 36.7 Å². The van der Waals surface area contributed by atoms with E-state index in [-0.39, 0.29) is 11.9 Å². The highest BCUT2D eigenvalue weighted by molar-refractivity contribution is 7.22. The second-order valence-corrected chi connectivity index (χ2v) is 8.94. The molecule has 1 fully saturated rings. The minimum absolute atomic E-state index is 0.154. The van der Waals surface area contributed by atoms with Crippen LogP contribution in [-0.2, 0) is 9.53 Å². The normalized spacial score (nSPS) is 13.5. The van der Waals surface area contributed by atoms with Gasteiger partial charge in [0.2, 0.25) is 5.91 Å². The Balaban J connectivity index is 1.39. The average Bonchev–Trinajstić information content (AvgIpc) is 3.42. The van der Waals surface area contributed by atoms with E-state index in [2.05, 4.69) is 37.6 Å². The van der Waals surface area contributed by atoms with Crippen LogP contribution in [0, 0.1) is 0 Å². The fourth-order valence-corrected chi connectivity index (χ4v) is 4.60. The Morgan fingerprint density at radius 3 is 2.94 bits per heavy atom. The van der Waals surface area contributed by atoms with Gasteiger partial charge in [-0.15, -0.1) is 0 Å². The molecule has 0 saturated carbocycles. The lowest BCUT2D eigenvalue weighted by molar-refractivity contribution is -0.127. The second kappa shape index (κ2) is 10.6. The topological polar surface area (TPSA) is 99.7 Å². The first kappa shape index (κ1) is 22.9. The van der Waals surface area contributed by atoms with Gasteiger partial charge in [-0.25, -0.2) is 9.78 Å². The summed E-state index contributed by atoms with van der Waals surface area (Å²) in [5.41, 5.74) is 3.88. The van der Waals surface area contributed by atoms with Gasteiger partial charge in [-0.1, -0.05) is 17.4 Å². The van der Waals surface area contributed by atoms with Gasteiger partial charge in [-0.2, -0.15) is 0 Å². The summed E-state index contributed by atoms with van der Waals surface area (Å²) in [5.74, 6) is 0.154. The number of hydrogen-bond donors (Lipinski definition) is 2. The molecule has 1 aliphatic heterocycles. The fourth-order valence-electron chi connectivity index (χ4n) is 3.70. The van der Waals surface area contributed by atoms with E-state index in [4.69, 9.17) is 4.74 Å². The van der Waals surface area contributed by atoms with E-state index < -0.39 is 0 Å². The largest absolute Gasteiger partial charge is 0.383 e. The number of rotatable bonds is 9. The number of hydrogen-bond acceptors (Lipinski definition) is 7. The van der Waals surface area contributed by atoms with Crippen LogP contribution < -0.4 is 15.5 Å². The molecule has 0 bridgehead atoms. The summed E-state index contributed by atoms with van der Waals surface area (Å²) in [7, 11) is 3.70. The third-order valence-corrected chi connectivity index (χ3v) is 6.51. The smallest absolute Gasteiger partial charge is 0.321 e. The van der Waals surface area contributed by atoms with Crippen molar-refractivity contribution < 1.29 is 14.3 Å². The quantitative estimate of drug-likeness (QED) is 0.500. The molecule has 2 N–H and O–H groups in total. The minimum atomic E-state index is -0.322. The number of nitrogens with one attached hydrogen (secondary N) is 2. The fraction of sp³-hybridized carbons (Fsp3) is 0.391. The van der Waals surface area contributed by atoms with Gasteiger partial charge in [0, 0.05) is 58.5 Å². The van der Waals surface area contributed by atoms with E-state index >= 15 is 0 Å². The molecule has 1 aliphatic rings. The number of carbonyl (C=O) groups excluding carboxylic acids is 2. The Bertz CT molecular complexity index is 1130. The standard InChI is InChI=1S/C23H28N6O3S/c1-28(10-11-32-2)18-12-17(14-24-15-18)16-5-6-19-20(13-16)33-23(26-19)27-22(31)25-7-9-29-8-3-4-21(29)30/h5-6,12-15H,3-4,7-11H2,1-2H3,(H2,25,26,27,31). The lowest BCUT2D eigenvalue weighted by Crippen LogP contribution is -2.37. The van der Waals surface area contributed by atoms with Crippen LogP contribution in [-0.4, -0.2) is 73.7 Å². The van der Waals surface area contributed by atoms with Crippen molar-refractivity contribution in [2.75, 3.05) is 57.2 Å². The number of thiazole rings is 1. The van der Waals surface area contributed by atoms with Crippen LogP contribution in [0.25, 0.3) is 21.3 Å². The van der Waals surface area contributed by atoms with Gasteiger partial charge in [-0.3, -0.25) is 15.1 Å². The molecule has 9 nitrogen and oxygen atoms in total. The number of fused-ring (bicyclic) bond motifs is 1. The number of methoxy groups -OCH3 is 1. The third kappa shape index (κ3) is 5.77. The lowest BCUT2D eigenvalue weighted by Gasteiger charge is -2.19. The Labute approximate surface area is 196 Å². The number of urea groups is 1. The first-order valence-corrected chi connectivity index (χ1v) is 11.7. The predicted octanol–water partition coefficient (Wildman–Crippen LogP) is 3.18. The van der Waals surface area contributed by atoms with E-state index in [0.717, 1.165) is 46.5 Å². The van der Waals surface area contributed by atoms with E-state index in [1.54, 1.807) is 12.0 Å². The third-order valence-electron chi connectivity index (χ3n) is 5.58. The van der Waals surface area contributed by atoms with Crippen molar-refractivity contribution in [2.45, 2.75) is 12.8 Å². The van der Waals surface area contributed by atoms with Crippen LogP contribution in [0.4, 0.5) is 15.6 Å². The highest BCUT2D eigenvalue weighted by Gasteiger charge is 2.19. The molecule has 0 atom stereocenters. The van der Waals surface area contributed by atoms with Crippen LogP contribution in [0.1, 0.15) is 12.8 Å². The minimum Gasteiger partial charge on any atom is -0.383 e. The van der Waals surface area contributed by atoms with E-state index in [1.165, 1.54) is 11.3 Å². The van der Waals surface area contributed by atoms with Gasteiger partial charge >= 0.3 is 6.03 Å². The molecule has 0 unspecified atom stereocenters. The lowest BCUT2D eigenvalue weighted by atomic mass is 10.1. The van der Waals surface area contributed by atoms with Crippen LogP contribution in [0.5, 0.6) is 0 Å². The van der Waals surface area contributed by atoms with Crippen molar-refractivity contribution >= 4 is 44.3 Å². The number of pyridine rings is 1. The van der Waals surface area contributed by atoms with Crippen molar-refractivity contribution in [3.05, 3.63) is 36.7 Å². The predicted molar refractivity (Wildman–Crippen MR) is 131 cm³/mol. The van der Waals surface area contributed by atoms with Gasteiger partial charge in [0.25, 0.3) is 0 Å². The number of anilines is 2. The molecule has 0 spiro atoms. The molecule has 3 amide bonds. The summed E-state index contributed by atoms with van der Waals surface area (Å²) < 4.78 is 6.13. The van der Waals surface area contributed by atoms with Crippen molar-refractivity contribution in [3.63, 3.8) is 0 Å². The molecule has 10 heteroatoms. The van der Waals surface area contributed by atoms with Crippen LogP contribution in [0.2, 0.25) is 0 Å². The summed E-state index contributed by atoms with van der Waals surface area (Å²) in [5, 5.41) is 6.12. The first-order chi connectivity index (χ1) is 16.0. The van der Waals surface area contributed by atoms with Crippen molar-refractivity contribution in [3.8, 4) is 11.1 Å². The van der Waals surface area contributed by atoms with Gasteiger partial charge in [0.15, 0.2) is 5.13 Å². The highest BCUT2D eigenvalue weighted by atomic mass is 32.1. The molecule has 1 aromatic carbocycles. The Kier molecular flexibility index (Phi) is 7.36. The Morgan fingerprint density at radius 1 is 1.27 bits per heavy atom. The highest BCUT2D eigenvalue weighted by Crippen LogP contribution is 2.31. The van der Waals surface area contributed by atoms with Crippen molar-refractivity contribution in [2.24, 2.45) is 0 Å². The maximum absolute atomic E-state index is 12.2. The second-order valence-electron chi connectivity index (χ2n) is 7.91. The molecule has 0 radical (unpaired) electrons. The molecule has 0 aliphatic carbocycles. The van der Waals surface area contributed by atoms with E-state index in [9.17, 15) is 9.59 Å². The van der Waals surface area contributed by atoms with E-state index in [0.29, 0.717) is 31.2 Å². The number of ether oxygens (including phenoxy) is 1. The number of aromatic nitrogens is 2. The molecule has 33 heavy (non-hydrogen) atoms. The zero-order valence-corrected chi connectivity index (χ0v) is 19.7. The summed E-state index contributed by atoms with van der Waals surface area (Å²) >= 11 is 1.42. The summed E-state index contributed by atoms with van der Waals surface area (Å²) in [6, 6.07) is 7.80. The van der Waals surface area contributed by atoms with Gasteiger partial charge in [0.05, 0.1) is 28.7 Å². The monoisotopic (exact) mass is 468 g/mol. The summed E-state index contributed by atoms with van der Waals surface area (Å²) in [6.45, 7) is 3.14. The molecule has 1 saturated heterocycles. The number of nitrogens with zero attached hydrogens (tertiary/aromatic N) is 4. The molecule has 3 aromatic rings. The Morgan fingerprint density at radius 2 is 2.15 bits per heavy atom. The molecule has 2 aromatic heterocycles. The van der Waals surface area contributed by atoms with Crippen molar-refractivity contribution in [1.29, 1.82) is 0 Å². The van der Waals surface area contributed by atoms with Crippen LogP contribution >= 0.6 is 11.3 Å². The molecule has 4 rings (SSSR count). The number of likely N-dealkylation sites (tertiary alicyclic amines) is 1. The van der Waals surface area contributed by atoms with Gasteiger partial charge in [-0.05, 0) is 30.2 Å². The SMILES string of the molecule is COCCN(C)c1cncc(-c2ccc3nc(NC(=O)NCCN4CCCC4=O)sc3c2)c1. The number of carbonyl (C=O) groups is 2. The van der Waals surface area contributed by atoms with Gasteiger partial charge in [0.1, 0.15) is 0 Å². The first-order valence-electron chi connectivity index (χ1n) is 10.9. The number of amides is 3. The van der Waals surface area contributed by atoms with Crippen LogP contribution in [0.3, 0.4) is 0 Å². The number of likely N-dealkylation sites (N-methyl/N-ethyl adjacent to an activating group) is 1. The summed E-state index contributed by atoms with van der Waals surface area (Å²) in [6.07, 6.45) is 5.17. The molecule has 174 valence electrons. The van der Waals surface area contributed by atoms with Crippen molar-refractivity contribution in [1.82, 2.24) is 20.2 Å². The summed E-state index contributed by atoms with van der Waals surface area (Å²) in [4.78, 5) is 36.7. The zero-order valence-electron chi connectivity index (χ0n) is 18.8. The molecular weight excluding hydrogens is 440 g/mol. The Hall–Kier alpha value is -3.24.